The summed E-state index contributed by atoms with van der Waals surface area (Å²) >= 11 is 0. The highest BCUT2D eigenvalue weighted by Gasteiger charge is 2.15. The lowest BCUT2D eigenvalue weighted by Crippen LogP contribution is -2.20. The van der Waals surface area contributed by atoms with E-state index in [-0.39, 0.29) is 5.56 Å². The number of aromatic carboxylic acids is 1. The average molecular weight is 325 g/mol. The molecular weight excluding hydrogens is 310 g/mol. The van der Waals surface area contributed by atoms with E-state index in [4.69, 9.17) is 4.52 Å². The Balaban J connectivity index is 1.69. The first-order valence-electron chi connectivity index (χ1n) is 7.23. The number of pyridine rings is 2. The van der Waals surface area contributed by atoms with E-state index in [0.717, 1.165) is 0 Å². The van der Waals surface area contributed by atoms with E-state index in [1.165, 1.54) is 6.07 Å². The van der Waals surface area contributed by atoms with E-state index in [9.17, 15) is 9.90 Å². The molecule has 0 bridgehead atoms. The van der Waals surface area contributed by atoms with E-state index in [1.807, 2.05) is 24.1 Å². The van der Waals surface area contributed by atoms with Crippen molar-refractivity contribution in [1.29, 1.82) is 0 Å². The zero-order valence-electron chi connectivity index (χ0n) is 13.0. The van der Waals surface area contributed by atoms with Crippen molar-refractivity contribution < 1.29 is 14.4 Å². The van der Waals surface area contributed by atoms with Gasteiger partial charge in [0.15, 0.2) is 0 Å². The van der Waals surface area contributed by atoms with Crippen LogP contribution in [0.5, 0.6) is 0 Å². The first kappa shape index (κ1) is 15.8. The van der Waals surface area contributed by atoms with Gasteiger partial charge in [0, 0.05) is 18.9 Å². The third-order valence-corrected chi connectivity index (χ3v) is 3.31. The molecule has 3 heterocycles. The molecule has 0 saturated carbocycles. The van der Waals surface area contributed by atoms with Crippen LogP contribution in [0.15, 0.2) is 47.2 Å². The van der Waals surface area contributed by atoms with Gasteiger partial charge in [-0.05, 0) is 31.3 Å². The lowest BCUT2D eigenvalue weighted by Gasteiger charge is -2.14. The van der Waals surface area contributed by atoms with E-state index in [1.54, 1.807) is 24.5 Å². The zero-order valence-corrected chi connectivity index (χ0v) is 13.0. The molecule has 0 amide bonds. The third kappa shape index (κ3) is 3.61. The van der Waals surface area contributed by atoms with Gasteiger partial charge in [0.05, 0.1) is 17.8 Å². The first-order valence-corrected chi connectivity index (χ1v) is 7.23. The summed E-state index contributed by atoms with van der Waals surface area (Å²) in [6.07, 6.45) is 3.23. The molecule has 0 aliphatic carbocycles. The number of rotatable bonds is 6. The first-order chi connectivity index (χ1) is 11.6. The second-order valence-electron chi connectivity index (χ2n) is 5.20. The number of carboxylic acid groups (broad SMARTS) is 1. The number of carboxylic acids is 1. The van der Waals surface area contributed by atoms with Crippen LogP contribution >= 0.6 is 0 Å². The Morgan fingerprint density at radius 1 is 1.17 bits per heavy atom. The fourth-order valence-electron chi connectivity index (χ4n) is 2.22. The van der Waals surface area contributed by atoms with Crippen LogP contribution in [0.25, 0.3) is 11.5 Å². The molecule has 122 valence electrons. The summed E-state index contributed by atoms with van der Waals surface area (Å²) in [5, 5.41) is 13.1. The van der Waals surface area contributed by atoms with Gasteiger partial charge in [-0.2, -0.15) is 4.98 Å². The predicted octanol–water partition coefficient (Wildman–Crippen LogP) is 1.86. The van der Waals surface area contributed by atoms with Crippen LogP contribution in [0.4, 0.5) is 0 Å². The Hall–Kier alpha value is -3.13. The normalized spacial score (nSPS) is 10.9. The average Bonchev–Trinajstić information content (AvgIpc) is 3.04. The molecule has 3 aromatic rings. The summed E-state index contributed by atoms with van der Waals surface area (Å²) in [5.74, 6) is -0.157. The topological polar surface area (TPSA) is 105 Å². The molecule has 0 spiro atoms. The van der Waals surface area contributed by atoms with E-state index < -0.39 is 5.97 Å². The molecule has 0 fully saturated rings. The van der Waals surface area contributed by atoms with E-state index in [2.05, 4.69) is 20.1 Å². The van der Waals surface area contributed by atoms with E-state index in [0.29, 0.717) is 36.2 Å². The van der Waals surface area contributed by atoms with Crippen LogP contribution in [0, 0.1) is 0 Å². The minimum absolute atomic E-state index is 0.184. The van der Waals surface area contributed by atoms with Gasteiger partial charge in [0.25, 0.3) is 0 Å². The molecule has 0 aliphatic rings. The maximum Gasteiger partial charge on any atom is 0.337 e. The van der Waals surface area contributed by atoms with Crippen LogP contribution < -0.4 is 0 Å². The van der Waals surface area contributed by atoms with Crippen LogP contribution in [0.3, 0.4) is 0 Å². The summed E-state index contributed by atoms with van der Waals surface area (Å²) in [6, 6.07) is 8.59. The highest BCUT2D eigenvalue weighted by Crippen LogP contribution is 2.14. The Morgan fingerprint density at radius 3 is 2.75 bits per heavy atom. The summed E-state index contributed by atoms with van der Waals surface area (Å²) in [5.41, 5.74) is 1.30. The Bertz CT molecular complexity index is 834. The molecule has 0 aliphatic heterocycles. The second-order valence-corrected chi connectivity index (χ2v) is 5.20. The molecular formula is C16H15N5O3. The van der Waals surface area contributed by atoms with Gasteiger partial charge in [-0.3, -0.25) is 14.9 Å². The van der Waals surface area contributed by atoms with Crippen molar-refractivity contribution in [3.63, 3.8) is 0 Å². The fourth-order valence-corrected chi connectivity index (χ4v) is 2.22. The van der Waals surface area contributed by atoms with E-state index >= 15 is 0 Å². The van der Waals surface area contributed by atoms with Crippen LogP contribution in [0.2, 0.25) is 0 Å². The standard InChI is InChI=1S/C16H15N5O3/c1-21(9-13-11(16(22)23)5-4-8-18-13)10-14-19-15(20-24-14)12-6-2-3-7-17-12/h2-8H,9-10H2,1H3,(H,22,23). The molecule has 8 heteroatoms. The highest BCUT2D eigenvalue weighted by molar-refractivity contribution is 5.88. The summed E-state index contributed by atoms with van der Waals surface area (Å²) < 4.78 is 5.23. The van der Waals surface area contributed by atoms with Gasteiger partial charge in [0.1, 0.15) is 5.69 Å². The zero-order chi connectivity index (χ0) is 16.9. The molecule has 0 atom stereocenters. The number of aromatic nitrogens is 4. The molecule has 0 aromatic carbocycles. The van der Waals surface area contributed by atoms with Gasteiger partial charge >= 0.3 is 5.97 Å². The van der Waals surface area contributed by atoms with Crippen molar-refractivity contribution in [2.75, 3.05) is 7.05 Å². The van der Waals surface area contributed by atoms with Crippen molar-refractivity contribution >= 4 is 5.97 Å². The van der Waals surface area contributed by atoms with Crippen molar-refractivity contribution in [2.45, 2.75) is 13.1 Å². The lowest BCUT2D eigenvalue weighted by molar-refractivity contribution is 0.0694. The Morgan fingerprint density at radius 2 is 2.00 bits per heavy atom. The van der Waals surface area contributed by atoms with Gasteiger partial charge < -0.3 is 9.63 Å². The molecule has 3 rings (SSSR count). The summed E-state index contributed by atoms with van der Waals surface area (Å²) in [6.45, 7) is 0.721. The van der Waals surface area contributed by atoms with Gasteiger partial charge in [-0.1, -0.05) is 11.2 Å². The van der Waals surface area contributed by atoms with Crippen molar-refractivity contribution in [3.05, 3.63) is 59.9 Å². The number of hydrogen-bond acceptors (Lipinski definition) is 7. The molecule has 1 N–H and O–H groups in total. The quantitative estimate of drug-likeness (QED) is 0.732. The van der Waals surface area contributed by atoms with Crippen LogP contribution in [0.1, 0.15) is 21.9 Å². The predicted molar refractivity (Wildman–Crippen MR) is 83.9 cm³/mol. The molecule has 3 aromatic heterocycles. The van der Waals surface area contributed by atoms with Gasteiger partial charge in [0.2, 0.25) is 11.7 Å². The molecule has 0 unspecified atom stereocenters. The number of carbonyl (C=O) groups is 1. The summed E-state index contributed by atoms with van der Waals surface area (Å²) in [4.78, 5) is 25.7. The van der Waals surface area contributed by atoms with Crippen LogP contribution in [-0.4, -0.2) is 43.1 Å². The maximum atomic E-state index is 11.2. The minimum Gasteiger partial charge on any atom is -0.478 e. The van der Waals surface area contributed by atoms with Gasteiger partial charge in [-0.25, -0.2) is 4.79 Å². The second kappa shape index (κ2) is 6.97. The lowest BCUT2D eigenvalue weighted by atomic mass is 10.2. The summed E-state index contributed by atoms with van der Waals surface area (Å²) in [7, 11) is 1.82. The number of hydrogen-bond donors (Lipinski definition) is 1. The SMILES string of the molecule is CN(Cc1nc(-c2ccccn2)no1)Cc1ncccc1C(=O)O. The van der Waals surface area contributed by atoms with Crippen molar-refractivity contribution in [3.8, 4) is 11.5 Å². The van der Waals surface area contributed by atoms with Crippen molar-refractivity contribution in [1.82, 2.24) is 25.0 Å². The number of nitrogens with zero attached hydrogens (tertiary/aromatic N) is 5. The smallest absolute Gasteiger partial charge is 0.337 e. The molecule has 0 saturated heterocycles. The largest absolute Gasteiger partial charge is 0.478 e. The highest BCUT2D eigenvalue weighted by atomic mass is 16.5. The monoisotopic (exact) mass is 325 g/mol. The van der Waals surface area contributed by atoms with Crippen molar-refractivity contribution in [2.24, 2.45) is 0 Å². The van der Waals surface area contributed by atoms with Gasteiger partial charge in [-0.15, -0.1) is 0 Å². The molecule has 0 radical (unpaired) electrons. The minimum atomic E-state index is -0.998. The Kier molecular flexibility index (Phi) is 4.57. The van der Waals surface area contributed by atoms with Crippen LogP contribution in [-0.2, 0) is 13.1 Å². The molecule has 24 heavy (non-hydrogen) atoms. The fraction of sp³-hybridized carbons (Fsp3) is 0.188. The molecule has 8 nitrogen and oxygen atoms in total. The maximum absolute atomic E-state index is 11.2. The third-order valence-electron chi connectivity index (χ3n) is 3.31. The Labute approximate surface area is 137 Å².